The van der Waals surface area contributed by atoms with Crippen LogP contribution in [0.4, 0.5) is 0 Å². The molecule has 0 saturated carbocycles. The number of amides is 1. The normalized spacial score (nSPS) is 10.4. The first-order chi connectivity index (χ1) is 9.01. The van der Waals surface area contributed by atoms with E-state index < -0.39 is 0 Å². The number of nitrogens with one attached hydrogen (secondary N) is 2. The molecule has 0 aliphatic heterocycles. The lowest BCUT2D eigenvalue weighted by atomic mass is 9.97. The molecule has 0 unspecified atom stereocenters. The summed E-state index contributed by atoms with van der Waals surface area (Å²) in [5, 5.41) is 5.93. The zero-order valence-corrected chi connectivity index (χ0v) is 12.5. The fraction of sp³-hybridized carbons (Fsp3) is 0.533. The van der Waals surface area contributed by atoms with Crippen molar-refractivity contribution in [1.82, 2.24) is 10.6 Å². The number of carbonyl (C=O) groups excluding carboxylic acids is 1. The fourth-order valence-electron chi connectivity index (χ4n) is 2.10. The highest BCUT2D eigenvalue weighted by molar-refractivity contribution is 5.76. The van der Waals surface area contributed by atoms with Gasteiger partial charge in [0.25, 0.3) is 0 Å². The zero-order valence-electron chi connectivity index (χ0n) is 12.5. The zero-order chi connectivity index (χ0) is 14.4. The lowest BCUT2D eigenvalue weighted by Crippen LogP contribution is -2.26. The van der Waals surface area contributed by atoms with Crippen LogP contribution in [0.3, 0.4) is 0 Å². The molecule has 0 radical (unpaired) electrons. The summed E-state index contributed by atoms with van der Waals surface area (Å²) < 4.78 is 5.34. The monoisotopic (exact) mass is 264 g/mol. The first kappa shape index (κ1) is 15.5. The summed E-state index contributed by atoms with van der Waals surface area (Å²) in [6.45, 7) is 7.43. The molecule has 4 nitrogen and oxygen atoms in total. The molecular weight excluding hydrogens is 240 g/mol. The number of methoxy groups -OCH3 is 1. The third-order valence-corrected chi connectivity index (χ3v) is 3.49. The summed E-state index contributed by atoms with van der Waals surface area (Å²) in [4.78, 5) is 11.6. The van der Waals surface area contributed by atoms with Crippen LogP contribution in [0.5, 0.6) is 5.75 Å². The van der Waals surface area contributed by atoms with E-state index in [2.05, 4.69) is 17.6 Å². The average Bonchev–Trinajstić information content (AvgIpc) is 2.40. The number of ether oxygens (including phenoxy) is 1. The lowest BCUT2D eigenvalue weighted by molar-refractivity contribution is -0.121. The summed E-state index contributed by atoms with van der Waals surface area (Å²) in [6, 6.07) is 2.03. The first-order valence-corrected chi connectivity index (χ1v) is 6.56. The van der Waals surface area contributed by atoms with Gasteiger partial charge in [-0.3, -0.25) is 4.79 Å². The van der Waals surface area contributed by atoms with Crippen LogP contribution in [0.2, 0.25) is 0 Å². The van der Waals surface area contributed by atoms with Gasteiger partial charge in [0.05, 0.1) is 7.11 Å². The summed E-state index contributed by atoms with van der Waals surface area (Å²) >= 11 is 0. The van der Waals surface area contributed by atoms with E-state index in [9.17, 15) is 4.79 Å². The molecule has 1 amide bonds. The molecule has 1 aromatic carbocycles. The van der Waals surface area contributed by atoms with E-state index in [1.807, 2.05) is 27.0 Å². The van der Waals surface area contributed by atoms with Crippen molar-refractivity contribution < 1.29 is 9.53 Å². The molecule has 0 aliphatic rings. The molecule has 0 bridgehead atoms. The first-order valence-electron chi connectivity index (χ1n) is 6.56. The third-order valence-electron chi connectivity index (χ3n) is 3.49. The van der Waals surface area contributed by atoms with Gasteiger partial charge >= 0.3 is 0 Å². The molecule has 0 heterocycles. The van der Waals surface area contributed by atoms with Crippen molar-refractivity contribution >= 4 is 5.91 Å². The van der Waals surface area contributed by atoms with E-state index in [1.165, 1.54) is 11.1 Å². The smallest absolute Gasteiger partial charge is 0.221 e. The molecule has 0 spiro atoms. The predicted octanol–water partition coefficient (Wildman–Crippen LogP) is 1.85. The van der Waals surface area contributed by atoms with E-state index in [1.54, 1.807) is 7.11 Å². The molecule has 0 fully saturated rings. The Labute approximate surface area is 115 Å². The summed E-state index contributed by atoms with van der Waals surface area (Å²) in [5.74, 6) is 0.974. The largest absolute Gasteiger partial charge is 0.496 e. The van der Waals surface area contributed by atoms with Crippen LogP contribution in [0.15, 0.2) is 6.07 Å². The van der Waals surface area contributed by atoms with Crippen molar-refractivity contribution in [2.75, 3.05) is 20.7 Å². The fourth-order valence-corrected chi connectivity index (χ4v) is 2.10. The number of benzene rings is 1. The number of aryl methyl sites for hydroxylation is 1. The second-order valence-corrected chi connectivity index (χ2v) is 4.75. The van der Waals surface area contributed by atoms with Crippen LogP contribution in [-0.2, 0) is 11.3 Å². The number of rotatable bonds is 6. The van der Waals surface area contributed by atoms with Crippen LogP contribution < -0.4 is 15.4 Å². The van der Waals surface area contributed by atoms with Crippen molar-refractivity contribution in [2.24, 2.45) is 0 Å². The maximum atomic E-state index is 11.6. The molecule has 4 heteroatoms. The van der Waals surface area contributed by atoms with E-state index in [4.69, 9.17) is 4.74 Å². The van der Waals surface area contributed by atoms with Crippen LogP contribution >= 0.6 is 0 Å². The summed E-state index contributed by atoms with van der Waals surface area (Å²) in [5.41, 5.74) is 4.64. The van der Waals surface area contributed by atoms with E-state index in [0.717, 1.165) is 16.9 Å². The van der Waals surface area contributed by atoms with Crippen molar-refractivity contribution in [3.05, 3.63) is 28.3 Å². The Morgan fingerprint density at radius 2 is 1.95 bits per heavy atom. The van der Waals surface area contributed by atoms with Gasteiger partial charge in [0, 0.05) is 19.5 Å². The molecule has 0 aromatic heterocycles. The van der Waals surface area contributed by atoms with Gasteiger partial charge < -0.3 is 15.4 Å². The van der Waals surface area contributed by atoms with E-state index in [0.29, 0.717) is 19.5 Å². The van der Waals surface area contributed by atoms with Gasteiger partial charge in [-0.2, -0.15) is 0 Å². The molecule has 19 heavy (non-hydrogen) atoms. The Morgan fingerprint density at radius 1 is 1.26 bits per heavy atom. The maximum Gasteiger partial charge on any atom is 0.221 e. The molecule has 1 aromatic rings. The summed E-state index contributed by atoms with van der Waals surface area (Å²) in [6.07, 6.45) is 0.504. The summed E-state index contributed by atoms with van der Waals surface area (Å²) in [7, 11) is 3.52. The second kappa shape index (κ2) is 7.14. The molecule has 106 valence electrons. The van der Waals surface area contributed by atoms with Crippen molar-refractivity contribution in [3.8, 4) is 5.75 Å². The Hall–Kier alpha value is -1.55. The lowest BCUT2D eigenvalue weighted by Gasteiger charge is -2.16. The Kier molecular flexibility index (Phi) is 5.83. The number of carbonyl (C=O) groups is 1. The van der Waals surface area contributed by atoms with Gasteiger partial charge in [0.1, 0.15) is 5.75 Å². The van der Waals surface area contributed by atoms with Crippen molar-refractivity contribution in [1.29, 1.82) is 0 Å². The van der Waals surface area contributed by atoms with Gasteiger partial charge in [-0.25, -0.2) is 0 Å². The predicted molar refractivity (Wildman–Crippen MR) is 77.6 cm³/mol. The standard InChI is InChI=1S/C15H24N2O2/c1-10-8-14(19-5)12(3)11(2)13(10)9-17-15(18)6-7-16-4/h8,16H,6-7,9H2,1-5H3,(H,17,18). The number of hydrogen-bond acceptors (Lipinski definition) is 3. The maximum absolute atomic E-state index is 11.6. The molecule has 0 atom stereocenters. The molecule has 0 aliphatic carbocycles. The van der Waals surface area contributed by atoms with Gasteiger partial charge in [-0.15, -0.1) is 0 Å². The van der Waals surface area contributed by atoms with Crippen molar-refractivity contribution in [3.63, 3.8) is 0 Å². The van der Waals surface area contributed by atoms with Gasteiger partial charge in [-0.1, -0.05) is 0 Å². The van der Waals surface area contributed by atoms with Gasteiger partial charge in [-0.05, 0) is 56.1 Å². The highest BCUT2D eigenvalue weighted by atomic mass is 16.5. The SMILES string of the molecule is CNCCC(=O)NCc1c(C)cc(OC)c(C)c1C. The quantitative estimate of drug-likeness (QED) is 0.824. The van der Waals surface area contributed by atoms with Crippen LogP contribution in [0.25, 0.3) is 0 Å². The highest BCUT2D eigenvalue weighted by Crippen LogP contribution is 2.27. The minimum atomic E-state index is 0.0709. The minimum absolute atomic E-state index is 0.0709. The van der Waals surface area contributed by atoms with Crippen LogP contribution in [0, 0.1) is 20.8 Å². The molecule has 1 rings (SSSR count). The second-order valence-electron chi connectivity index (χ2n) is 4.75. The minimum Gasteiger partial charge on any atom is -0.496 e. The molecule has 0 saturated heterocycles. The molecule has 2 N–H and O–H groups in total. The number of hydrogen-bond donors (Lipinski definition) is 2. The van der Waals surface area contributed by atoms with Crippen LogP contribution in [-0.4, -0.2) is 26.6 Å². The van der Waals surface area contributed by atoms with E-state index in [-0.39, 0.29) is 5.91 Å². The highest BCUT2D eigenvalue weighted by Gasteiger charge is 2.11. The third kappa shape index (κ3) is 3.96. The van der Waals surface area contributed by atoms with Crippen molar-refractivity contribution in [2.45, 2.75) is 33.7 Å². The Morgan fingerprint density at radius 3 is 2.53 bits per heavy atom. The van der Waals surface area contributed by atoms with Gasteiger partial charge in [0.15, 0.2) is 0 Å². The average molecular weight is 264 g/mol. The topological polar surface area (TPSA) is 50.4 Å². The van der Waals surface area contributed by atoms with Crippen LogP contribution in [0.1, 0.15) is 28.7 Å². The Balaban J connectivity index is 2.79. The molecular formula is C15H24N2O2. The van der Waals surface area contributed by atoms with E-state index >= 15 is 0 Å². The van der Waals surface area contributed by atoms with Gasteiger partial charge in [0.2, 0.25) is 5.91 Å². The Bertz CT molecular complexity index is 456.